The molecule has 0 spiro atoms. The topological polar surface area (TPSA) is 83.1 Å². The first kappa shape index (κ1) is 21.4. The van der Waals surface area contributed by atoms with Gasteiger partial charge in [0.25, 0.3) is 5.91 Å². The van der Waals surface area contributed by atoms with Gasteiger partial charge in [-0.2, -0.15) is 0 Å². The van der Waals surface area contributed by atoms with Gasteiger partial charge >= 0.3 is 5.97 Å². The van der Waals surface area contributed by atoms with E-state index in [9.17, 15) is 14.0 Å². The number of rotatable bonds is 7. The second-order valence-electron chi connectivity index (χ2n) is 7.12. The van der Waals surface area contributed by atoms with E-state index in [-0.39, 0.29) is 23.3 Å². The molecule has 3 rings (SSSR count). The smallest absolute Gasteiger partial charge is 0.338 e. The van der Waals surface area contributed by atoms with Crippen molar-refractivity contribution < 1.29 is 32.9 Å². The zero-order valence-electron chi connectivity index (χ0n) is 17.1. The summed E-state index contributed by atoms with van der Waals surface area (Å²) >= 11 is 0. The molecular formula is C22H24FNO6. The zero-order valence-corrected chi connectivity index (χ0v) is 17.1. The molecule has 1 heterocycles. The van der Waals surface area contributed by atoms with E-state index in [1.807, 2.05) is 32.0 Å². The van der Waals surface area contributed by atoms with Gasteiger partial charge in [0.05, 0.1) is 18.7 Å². The van der Waals surface area contributed by atoms with Crippen molar-refractivity contribution in [3.8, 4) is 17.2 Å². The molecular weight excluding hydrogens is 393 g/mol. The molecule has 0 fully saturated rings. The second-order valence-corrected chi connectivity index (χ2v) is 7.12. The summed E-state index contributed by atoms with van der Waals surface area (Å²) in [5.41, 5.74) is 0.847. The first-order chi connectivity index (χ1) is 14.4. The zero-order chi connectivity index (χ0) is 21.7. The molecule has 1 N–H and O–H groups in total. The molecule has 0 radical (unpaired) electrons. The number of halogens is 1. The highest BCUT2D eigenvalue weighted by Gasteiger charge is 2.22. The van der Waals surface area contributed by atoms with Gasteiger partial charge in [0, 0.05) is 0 Å². The highest BCUT2D eigenvalue weighted by Crippen LogP contribution is 2.34. The molecule has 0 aromatic heterocycles. The van der Waals surface area contributed by atoms with Crippen LogP contribution in [0.15, 0.2) is 36.4 Å². The molecule has 1 aliphatic rings. The van der Waals surface area contributed by atoms with Gasteiger partial charge in [-0.3, -0.25) is 4.79 Å². The average molecular weight is 417 g/mol. The van der Waals surface area contributed by atoms with Crippen LogP contribution in [0.3, 0.4) is 0 Å². The minimum Gasteiger partial charge on any atom is -0.494 e. The Balaban J connectivity index is 1.62. The van der Waals surface area contributed by atoms with Gasteiger partial charge in [0.1, 0.15) is 13.2 Å². The van der Waals surface area contributed by atoms with Crippen molar-refractivity contribution in [2.75, 3.05) is 26.9 Å². The third-order valence-electron chi connectivity index (χ3n) is 4.63. The van der Waals surface area contributed by atoms with E-state index in [2.05, 4.69) is 5.32 Å². The molecule has 0 saturated heterocycles. The molecule has 160 valence electrons. The first-order valence-corrected chi connectivity index (χ1v) is 9.58. The summed E-state index contributed by atoms with van der Waals surface area (Å²) in [4.78, 5) is 24.5. The summed E-state index contributed by atoms with van der Waals surface area (Å²) in [7, 11) is 1.33. The Morgan fingerprint density at radius 3 is 2.50 bits per heavy atom. The Morgan fingerprint density at radius 1 is 1.10 bits per heavy atom. The number of benzene rings is 2. The standard InChI is InChI=1S/C22H24FNO6/c1-13(2)21(14-4-7-18-19(11-14)29-9-8-28-18)24-20(25)12-30-22(26)15-5-6-17(27-3)16(23)10-15/h4-7,10-11,13,21H,8-9,12H2,1-3H3,(H,24,25)/t21-/m1/s1. The van der Waals surface area contributed by atoms with E-state index in [1.165, 1.54) is 19.2 Å². The predicted octanol–water partition coefficient (Wildman–Crippen LogP) is 3.28. The van der Waals surface area contributed by atoms with Crippen LogP contribution in [0.1, 0.15) is 35.8 Å². The van der Waals surface area contributed by atoms with Crippen LogP contribution < -0.4 is 19.5 Å². The maximum absolute atomic E-state index is 13.7. The van der Waals surface area contributed by atoms with Crippen LogP contribution in [-0.2, 0) is 9.53 Å². The lowest BCUT2D eigenvalue weighted by Crippen LogP contribution is -2.35. The summed E-state index contributed by atoms with van der Waals surface area (Å²) < 4.78 is 34.7. The van der Waals surface area contributed by atoms with Gasteiger partial charge in [0.15, 0.2) is 29.7 Å². The van der Waals surface area contributed by atoms with Crippen LogP contribution in [0.25, 0.3) is 0 Å². The Kier molecular flexibility index (Phi) is 6.76. The van der Waals surface area contributed by atoms with Crippen LogP contribution in [-0.4, -0.2) is 38.8 Å². The quantitative estimate of drug-likeness (QED) is 0.697. The minimum atomic E-state index is -0.799. The van der Waals surface area contributed by atoms with Gasteiger partial charge in [-0.1, -0.05) is 19.9 Å². The fourth-order valence-electron chi connectivity index (χ4n) is 3.11. The van der Waals surface area contributed by atoms with Crippen molar-refractivity contribution in [3.05, 3.63) is 53.3 Å². The van der Waals surface area contributed by atoms with Crippen molar-refractivity contribution in [2.24, 2.45) is 5.92 Å². The first-order valence-electron chi connectivity index (χ1n) is 9.58. The summed E-state index contributed by atoms with van der Waals surface area (Å²) in [5, 5.41) is 2.87. The molecule has 2 aromatic carbocycles. The molecule has 0 saturated carbocycles. The molecule has 1 aliphatic heterocycles. The molecule has 0 bridgehead atoms. The SMILES string of the molecule is COc1ccc(C(=O)OCC(=O)N[C@@H](c2ccc3c(c2)OCCO3)C(C)C)cc1F. The highest BCUT2D eigenvalue weighted by atomic mass is 19.1. The van der Waals surface area contributed by atoms with Gasteiger partial charge in [-0.15, -0.1) is 0 Å². The number of hydrogen-bond donors (Lipinski definition) is 1. The predicted molar refractivity (Wildman–Crippen MR) is 106 cm³/mol. The molecule has 2 aromatic rings. The lowest BCUT2D eigenvalue weighted by molar-refractivity contribution is -0.125. The van der Waals surface area contributed by atoms with E-state index in [1.54, 1.807) is 0 Å². The van der Waals surface area contributed by atoms with Crippen molar-refractivity contribution >= 4 is 11.9 Å². The largest absolute Gasteiger partial charge is 0.494 e. The van der Waals surface area contributed by atoms with Crippen LogP contribution in [0.5, 0.6) is 17.2 Å². The van der Waals surface area contributed by atoms with Crippen LogP contribution in [0.4, 0.5) is 4.39 Å². The number of fused-ring (bicyclic) bond motifs is 1. The fourth-order valence-corrected chi connectivity index (χ4v) is 3.11. The van der Waals surface area contributed by atoms with Crippen molar-refractivity contribution in [2.45, 2.75) is 19.9 Å². The Morgan fingerprint density at radius 2 is 1.83 bits per heavy atom. The molecule has 1 atom stereocenters. The van der Waals surface area contributed by atoms with Gasteiger partial charge in [-0.25, -0.2) is 9.18 Å². The molecule has 1 amide bonds. The van der Waals surface area contributed by atoms with Gasteiger partial charge < -0.3 is 24.3 Å². The maximum Gasteiger partial charge on any atom is 0.338 e. The van der Waals surface area contributed by atoms with Crippen LogP contribution >= 0.6 is 0 Å². The van der Waals surface area contributed by atoms with Crippen molar-refractivity contribution in [3.63, 3.8) is 0 Å². The fraction of sp³-hybridized carbons (Fsp3) is 0.364. The summed E-state index contributed by atoms with van der Waals surface area (Å²) in [6.07, 6.45) is 0. The lowest BCUT2D eigenvalue weighted by Gasteiger charge is -2.25. The number of carbonyl (C=O) groups excluding carboxylic acids is 2. The van der Waals surface area contributed by atoms with E-state index >= 15 is 0 Å². The molecule has 0 unspecified atom stereocenters. The molecule has 30 heavy (non-hydrogen) atoms. The van der Waals surface area contributed by atoms with Crippen LogP contribution in [0, 0.1) is 11.7 Å². The monoisotopic (exact) mass is 417 g/mol. The van der Waals surface area contributed by atoms with E-state index in [0.717, 1.165) is 11.6 Å². The summed E-state index contributed by atoms with van der Waals surface area (Å²) in [6.45, 7) is 4.42. The second kappa shape index (κ2) is 9.47. The molecule has 7 nitrogen and oxygen atoms in total. The number of carbonyl (C=O) groups is 2. The third-order valence-corrected chi connectivity index (χ3v) is 4.63. The number of nitrogens with one attached hydrogen (secondary N) is 1. The number of esters is 1. The van der Waals surface area contributed by atoms with Crippen LogP contribution in [0.2, 0.25) is 0 Å². The minimum absolute atomic E-state index is 0.00616. The Labute approximate surface area is 174 Å². The van der Waals surface area contributed by atoms with Gasteiger partial charge in [0.2, 0.25) is 0 Å². The average Bonchev–Trinajstić information content (AvgIpc) is 2.75. The molecule has 8 heteroatoms. The molecule has 0 aliphatic carbocycles. The number of hydrogen-bond acceptors (Lipinski definition) is 6. The lowest BCUT2D eigenvalue weighted by atomic mass is 9.95. The summed E-state index contributed by atoms with van der Waals surface area (Å²) in [6, 6.07) is 8.90. The van der Waals surface area contributed by atoms with Crippen molar-refractivity contribution in [1.82, 2.24) is 5.32 Å². The Bertz CT molecular complexity index is 930. The number of ether oxygens (including phenoxy) is 4. The van der Waals surface area contributed by atoms with Gasteiger partial charge in [-0.05, 0) is 41.8 Å². The Hall–Kier alpha value is -3.29. The summed E-state index contributed by atoms with van der Waals surface area (Å²) in [5.74, 6) is -0.564. The van der Waals surface area contributed by atoms with E-state index < -0.39 is 24.3 Å². The normalized spacial score (nSPS) is 13.5. The number of methoxy groups -OCH3 is 1. The third kappa shape index (κ3) is 5.00. The number of amides is 1. The van der Waals surface area contributed by atoms with E-state index in [0.29, 0.717) is 24.7 Å². The maximum atomic E-state index is 13.7. The highest BCUT2D eigenvalue weighted by molar-refractivity contribution is 5.91. The van der Waals surface area contributed by atoms with Crippen molar-refractivity contribution in [1.29, 1.82) is 0 Å². The van der Waals surface area contributed by atoms with E-state index in [4.69, 9.17) is 18.9 Å².